The maximum Gasteiger partial charge on any atom is 0.123 e. The van der Waals surface area contributed by atoms with E-state index in [4.69, 9.17) is 10.00 Å². The lowest BCUT2D eigenvalue weighted by atomic mass is 9.98. The summed E-state index contributed by atoms with van der Waals surface area (Å²) in [6.45, 7) is 3.36. The molecule has 1 heterocycles. The molecule has 3 nitrogen and oxygen atoms in total. The number of methoxy groups -OCH3 is 1. The second-order valence-corrected chi connectivity index (χ2v) is 5.11. The monoisotopic (exact) mass is 262 g/mol. The number of ether oxygens (including phenoxy) is 1. The van der Waals surface area contributed by atoms with Crippen molar-refractivity contribution in [2.24, 2.45) is 5.92 Å². The first-order valence-corrected chi connectivity index (χ1v) is 6.62. The molecule has 0 saturated carbocycles. The molecule has 1 aromatic rings. The van der Waals surface area contributed by atoms with Crippen LogP contribution in [0.1, 0.15) is 24.0 Å². The van der Waals surface area contributed by atoms with Gasteiger partial charge in [0.2, 0.25) is 0 Å². The molecule has 0 N–H and O–H groups in total. The standard InChI is InChI=1S/C15H19FN2O/c1-19-11-12-3-2-6-18(9-12)10-14-7-15(16)5-4-13(14)8-17/h4-5,7,12H,2-3,6,9-11H2,1H3. The lowest BCUT2D eigenvalue weighted by Crippen LogP contribution is -2.36. The summed E-state index contributed by atoms with van der Waals surface area (Å²) >= 11 is 0. The van der Waals surface area contributed by atoms with Gasteiger partial charge in [-0.15, -0.1) is 0 Å². The van der Waals surface area contributed by atoms with Gasteiger partial charge in [0.1, 0.15) is 5.82 Å². The largest absolute Gasteiger partial charge is 0.384 e. The Balaban J connectivity index is 2.04. The molecule has 0 amide bonds. The van der Waals surface area contributed by atoms with Gasteiger partial charge >= 0.3 is 0 Å². The molecule has 1 fully saturated rings. The molecule has 0 spiro atoms. The Morgan fingerprint density at radius 1 is 1.53 bits per heavy atom. The maximum atomic E-state index is 13.3. The fourth-order valence-corrected chi connectivity index (χ4v) is 2.71. The van der Waals surface area contributed by atoms with Crippen LogP contribution in [-0.4, -0.2) is 31.7 Å². The van der Waals surface area contributed by atoms with Crippen molar-refractivity contribution in [1.29, 1.82) is 5.26 Å². The normalized spacial score (nSPS) is 20.2. The maximum absolute atomic E-state index is 13.3. The van der Waals surface area contributed by atoms with E-state index in [0.717, 1.165) is 31.7 Å². The van der Waals surface area contributed by atoms with Crippen LogP contribution in [0.3, 0.4) is 0 Å². The number of likely N-dealkylation sites (tertiary alicyclic amines) is 1. The Labute approximate surface area is 113 Å². The predicted octanol–water partition coefficient (Wildman–Crippen LogP) is 2.56. The average Bonchev–Trinajstić information content (AvgIpc) is 2.40. The Kier molecular flexibility index (Phi) is 4.89. The minimum Gasteiger partial charge on any atom is -0.384 e. The second-order valence-electron chi connectivity index (χ2n) is 5.11. The van der Waals surface area contributed by atoms with Gasteiger partial charge in [-0.25, -0.2) is 4.39 Å². The molecule has 4 heteroatoms. The van der Waals surface area contributed by atoms with E-state index >= 15 is 0 Å². The molecule has 2 rings (SSSR count). The molecule has 1 aliphatic heterocycles. The van der Waals surface area contributed by atoms with Crippen LogP contribution in [0.5, 0.6) is 0 Å². The van der Waals surface area contributed by atoms with E-state index in [1.165, 1.54) is 18.6 Å². The van der Waals surface area contributed by atoms with E-state index in [1.807, 2.05) is 0 Å². The zero-order valence-corrected chi connectivity index (χ0v) is 11.2. The van der Waals surface area contributed by atoms with Gasteiger partial charge in [0, 0.05) is 20.2 Å². The molecule has 0 radical (unpaired) electrons. The van der Waals surface area contributed by atoms with Gasteiger partial charge in [-0.2, -0.15) is 5.26 Å². The Bertz CT molecular complexity index is 468. The van der Waals surface area contributed by atoms with Crippen LogP contribution in [-0.2, 0) is 11.3 Å². The van der Waals surface area contributed by atoms with Gasteiger partial charge in [0.05, 0.1) is 18.2 Å². The average molecular weight is 262 g/mol. The van der Waals surface area contributed by atoms with Gasteiger partial charge in [-0.05, 0) is 49.1 Å². The van der Waals surface area contributed by atoms with Gasteiger partial charge in [-0.1, -0.05) is 0 Å². The summed E-state index contributed by atoms with van der Waals surface area (Å²) in [5.74, 6) is 0.261. The summed E-state index contributed by atoms with van der Waals surface area (Å²) in [5, 5.41) is 9.06. The van der Waals surface area contributed by atoms with Crippen LogP contribution in [0, 0.1) is 23.1 Å². The summed E-state index contributed by atoms with van der Waals surface area (Å²) < 4.78 is 18.5. The summed E-state index contributed by atoms with van der Waals surface area (Å²) in [4.78, 5) is 2.28. The molecular weight excluding hydrogens is 243 g/mol. The van der Waals surface area contributed by atoms with Crippen molar-refractivity contribution in [2.45, 2.75) is 19.4 Å². The van der Waals surface area contributed by atoms with Crippen molar-refractivity contribution in [3.63, 3.8) is 0 Å². The lowest BCUT2D eigenvalue weighted by molar-refractivity contribution is 0.0873. The minimum atomic E-state index is -0.278. The van der Waals surface area contributed by atoms with E-state index in [1.54, 1.807) is 13.2 Å². The second kappa shape index (κ2) is 6.65. The Morgan fingerprint density at radius 2 is 2.37 bits per heavy atom. The molecule has 1 aromatic carbocycles. The summed E-state index contributed by atoms with van der Waals surface area (Å²) in [6, 6.07) is 6.50. The van der Waals surface area contributed by atoms with E-state index in [0.29, 0.717) is 18.0 Å². The summed E-state index contributed by atoms with van der Waals surface area (Å²) in [6.07, 6.45) is 2.31. The van der Waals surface area contributed by atoms with Crippen molar-refractivity contribution in [1.82, 2.24) is 4.90 Å². The third-order valence-corrected chi connectivity index (χ3v) is 3.59. The highest BCUT2D eigenvalue weighted by Crippen LogP contribution is 2.20. The van der Waals surface area contributed by atoms with Gasteiger partial charge in [0.25, 0.3) is 0 Å². The van der Waals surface area contributed by atoms with Crippen LogP contribution in [0.2, 0.25) is 0 Å². The van der Waals surface area contributed by atoms with Crippen LogP contribution in [0.4, 0.5) is 4.39 Å². The predicted molar refractivity (Wildman–Crippen MR) is 71.0 cm³/mol. The highest BCUT2D eigenvalue weighted by Gasteiger charge is 2.20. The highest BCUT2D eigenvalue weighted by molar-refractivity contribution is 5.37. The molecule has 1 aliphatic rings. The smallest absolute Gasteiger partial charge is 0.123 e. The zero-order valence-electron chi connectivity index (χ0n) is 11.2. The van der Waals surface area contributed by atoms with E-state index in [2.05, 4.69) is 11.0 Å². The molecule has 1 atom stereocenters. The third kappa shape index (κ3) is 3.76. The SMILES string of the molecule is COCC1CCCN(Cc2cc(F)ccc2C#N)C1. The fraction of sp³-hybridized carbons (Fsp3) is 0.533. The zero-order chi connectivity index (χ0) is 13.7. The molecule has 0 aliphatic carbocycles. The van der Waals surface area contributed by atoms with Crippen LogP contribution >= 0.6 is 0 Å². The number of hydrogen-bond donors (Lipinski definition) is 0. The van der Waals surface area contributed by atoms with Crippen LogP contribution in [0.25, 0.3) is 0 Å². The summed E-state index contributed by atoms with van der Waals surface area (Å²) in [7, 11) is 1.72. The van der Waals surface area contributed by atoms with E-state index in [9.17, 15) is 4.39 Å². The first-order chi connectivity index (χ1) is 9.22. The molecular formula is C15H19FN2O. The number of halogens is 1. The first-order valence-electron chi connectivity index (χ1n) is 6.62. The number of benzene rings is 1. The molecule has 0 bridgehead atoms. The fourth-order valence-electron chi connectivity index (χ4n) is 2.71. The minimum absolute atomic E-state index is 0.278. The number of nitrogens with zero attached hydrogens (tertiary/aromatic N) is 2. The van der Waals surface area contributed by atoms with E-state index in [-0.39, 0.29) is 5.82 Å². The number of hydrogen-bond acceptors (Lipinski definition) is 3. The topological polar surface area (TPSA) is 36.3 Å². The van der Waals surface area contributed by atoms with Crippen molar-refractivity contribution in [3.8, 4) is 6.07 Å². The van der Waals surface area contributed by atoms with Crippen LogP contribution in [0.15, 0.2) is 18.2 Å². The first kappa shape index (κ1) is 14.0. The summed E-state index contributed by atoms with van der Waals surface area (Å²) in [5.41, 5.74) is 1.34. The van der Waals surface area contributed by atoms with E-state index < -0.39 is 0 Å². The molecule has 1 unspecified atom stereocenters. The number of piperidine rings is 1. The molecule has 102 valence electrons. The van der Waals surface area contributed by atoms with Crippen molar-refractivity contribution >= 4 is 0 Å². The highest BCUT2D eigenvalue weighted by atomic mass is 19.1. The van der Waals surface area contributed by atoms with Crippen molar-refractivity contribution < 1.29 is 9.13 Å². The number of rotatable bonds is 4. The lowest BCUT2D eigenvalue weighted by Gasteiger charge is -2.32. The van der Waals surface area contributed by atoms with Gasteiger partial charge < -0.3 is 4.74 Å². The van der Waals surface area contributed by atoms with Gasteiger partial charge in [-0.3, -0.25) is 4.90 Å². The molecule has 0 aromatic heterocycles. The Hall–Kier alpha value is -1.44. The van der Waals surface area contributed by atoms with Crippen molar-refractivity contribution in [2.75, 3.05) is 26.8 Å². The number of nitriles is 1. The molecule has 1 saturated heterocycles. The Morgan fingerprint density at radius 3 is 3.11 bits per heavy atom. The third-order valence-electron chi connectivity index (χ3n) is 3.59. The van der Waals surface area contributed by atoms with Gasteiger partial charge in [0.15, 0.2) is 0 Å². The van der Waals surface area contributed by atoms with Crippen LogP contribution < -0.4 is 0 Å². The van der Waals surface area contributed by atoms with Crippen molar-refractivity contribution in [3.05, 3.63) is 35.1 Å². The quantitative estimate of drug-likeness (QED) is 0.836. The molecule has 19 heavy (non-hydrogen) atoms.